The highest BCUT2D eigenvalue weighted by Gasteiger charge is 2.09. The normalized spacial score (nSPS) is 10.4. The molecule has 21 heavy (non-hydrogen) atoms. The van der Waals surface area contributed by atoms with E-state index >= 15 is 0 Å². The molecule has 0 bridgehead atoms. The molecule has 1 aromatic carbocycles. The van der Waals surface area contributed by atoms with Crippen molar-refractivity contribution >= 4 is 5.82 Å². The van der Waals surface area contributed by atoms with E-state index in [4.69, 9.17) is 4.74 Å². The summed E-state index contributed by atoms with van der Waals surface area (Å²) in [5.41, 5.74) is 2.00. The molecular weight excluding hydrogens is 262 g/mol. The van der Waals surface area contributed by atoms with Gasteiger partial charge >= 0.3 is 0 Å². The Kier molecular flexibility index (Phi) is 6.00. The third-order valence-electron chi connectivity index (χ3n) is 3.28. The fourth-order valence-electron chi connectivity index (χ4n) is 2.07. The molecule has 2 aromatic rings. The summed E-state index contributed by atoms with van der Waals surface area (Å²) in [6.07, 6.45) is 5.14. The predicted molar refractivity (Wildman–Crippen MR) is 85.6 cm³/mol. The van der Waals surface area contributed by atoms with E-state index in [2.05, 4.69) is 22.2 Å². The highest BCUT2D eigenvalue weighted by atomic mass is 16.5. The van der Waals surface area contributed by atoms with E-state index in [1.54, 1.807) is 6.33 Å². The molecule has 0 amide bonds. The minimum absolute atomic E-state index is 0.526. The number of hydrogen-bond acceptors (Lipinski definition) is 4. The maximum absolute atomic E-state index is 5.92. The predicted octanol–water partition coefficient (Wildman–Crippen LogP) is 3.97. The van der Waals surface area contributed by atoms with Crippen molar-refractivity contribution in [2.75, 3.05) is 11.9 Å². The molecule has 0 unspecified atom stereocenters. The number of hydrogen-bond donors (Lipinski definition) is 1. The average molecular weight is 285 g/mol. The zero-order valence-corrected chi connectivity index (χ0v) is 12.8. The number of ether oxygens (including phenoxy) is 1. The first kappa shape index (κ1) is 15.3. The summed E-state index contributed by atoms with van der Waals surface area (Å²) in [4.78, 5) is 8.52. The van der Waals surface area contributed by atoms with Gasteiger partial charge in [-0.1, -0.05) is 50.1 Å². The van der Waals surface area contributed by atoms with Crippen molar-refractivity contribution in [3.8, 4) is 5.75 Å². The number of anilines is 1. The van der Waals surface area contributed by atoms with Crippen LogP contribution in [-0.2, 0) is 6.61 Å². The quantitative estimate of drug-likeness (QED) is 0.746. The third kappa shape index (κ3) is 4.74. The second-order valence-corrected chi connectivity index (χ2v) is 5.04. The van der Waals surface area contributed by atoms with Gasteiger partial charge in [-0.05, 0) is 18.9 Å². The van der Waals surface area contributed by atoms with Gasteiger partial charge in [-0.2, -0.15) is 0 Å². The lowest BCUT2D eigenvalue weighted by atomic mass is 10.2. The van der Waals surface area contributed by atoms with Crippen LogP contribution in [0.15, 0.2) is 36.7 Å². The van der Waals surface area contributed by atoms with Crippen molar-refractivity contribution in [3.05, 3.63) is 47.9 Å². The van der Waals surface area contributed by atoms with Gasteiger partial charge in [-0.15, -0.1) is 0 Å². The fraction of sp³-hybridized carbons (Fsp3) is 0.412. The number of nitrogens with zero attached hydrogens (tertiary/aromatic N) is 2. The van der Waals surface area contributed by atoms with E-state index < -0.39 is 0 Å². The Morgan fingerprint density at radius 3 is 2.67 bits per heavy atom. The molecule has 4 nitrogen and oxygen atoms in total. The molecule has 0 aliphatic rings. The first-order chi connectivity index (χ1) is 10.3. The molecule has 0 saturated carbocycles. The summed E-state index contributed by atoms with van der Waals surface area (Å²) in [7, 11) is 0. The van der Waals surface area contributed by atoms with Gasteiger partial charge in [0.05, 0.1) is 5.69 Å². The Morgan fingerprint density at radius 2 is 1.90 bits per heavy atom. The Morgan fingerprint density at radius 1 is 1.10 bits per heavy atom. The smallest absolute Gasteiger partial charge is 0.183 e. The van der Waals surface area contributed by atoms with E-state index in [1.165, 1.54) is 12.8 Å². The fourth-order valence-corrected chi connectivity index (χ4v) is 2.07. The zero-order chi connectivity index (χ0) is 14.9. The van der Waals surface area contributed by atoms with Crippen molar-refractivity contribution < 1.29 is 4.74 Å². The van der Waals surface area contributed by atoms with Gasteiger partial charge < -0.3 is 10.1 Å². The highest BCUT2D eigenvalue weighted by molar-refractivity contribution is 5.51. The molecular formula is C17H23N3O. The number of nitrogens with one attached hydrogen (secondary N) is 1. The van der Waals surface area contributed by atoms with Gasteiger partial charge in [0.15, 0.2) is 11.6 Å². The van der Waals surface area contributed by atoms with Gasteiger partial charge in [0.1, 0.15) is 12.9 Å². The van der Waals surface area contributed by atoms with Crippen LogP contribution in [0.3, 0.4) is 0 Å². The van der Waals surface area contributed by atoms with Gasteiger partial charge in [-0.3, -0.25) is 0 Å². The molecule has 0 spiro atoms. The van der Waals surface area contributed by atoms with Crippen LogP contribution in [0.1, 0.15) is 37.4 Å². The Labute approximate surface area is 126 Å². The van der Waals surface area contributed by atoms with Crippen LogP contribution in [0.4, 0.5) is 5.82 Å². The third-order valence-corrected chi connectivity index (χ3v) is 3.28. The van der Waals surface area contributed by atoms with Crippen LogP contribution >= 0.6 is 0 Å². The van der Waals surface area contributed by atoms with E-state index in [1.807, 2.05) is 37.3 Å². The topological polar surface area (TPSA) is 47.0 Å². The van der Waals surface area contributed by atoms with Crippen LogP contribution in [0.5, 0.6) is 5.75 Å². The monoisotopic (exact) mass is 285 g/mol. The zero-order valence-electron chi connectivity index (χ0n) is 12.8. The molecule has 0 saturated heterocycles. The summed E-state index contributed by atoms with van der Waals surface area (Å²) in [6, 6.07) is 10.1. The van der Waals surface area contributed by atoms with Crippen molar-refractivity contribution in [2.24, 2.45) is 0 Å². The molecule has 0 radical (unpaired) electrons. The van der Waals surface area contributed by atoms with Gasteiger partial charge in [-0.25, -0.2) is 9.97 Å². The van der Waals surface area contributed by atoms with Crippen molar-refractivity contribution in [3.63, 3.8) is 0 Å². The number of unbranched alkanes of at least 4 members (excludes halogenated alkanes) is 2. The summed E-state index contributed by atoms with van der Waals surface area (Å²) in [5.74, 6) is 1.53. The number of aryl methyl sites for hydroxylation is 1. The average Bonchev–Trinajstić information content (AvgIpc) is 2.52. The van der Waals surface area contributed by atoms with Crippen LogP contribution in [0.25, 0.3) is 0 Å². The molecule has 112 valence electrons. The lowest BCUT2D eigenvalue weighted by molar-refractivity contribution is 0.302. The number of aromatic nitrogens is 2. The molecule has 0 atom stereocenters. The van der Waals surface area contributed by atoms with Crippen molar-refractivity contribution in [2.45, 2.75) is 39.7 Å². The molecule has 0 aliphatic carbocycles. The summed E-state index contributed by atoms with van der Waals surface area (Å²) in [6.45, 7) is 5.58. The minimum Gasteiger partial charge on any atom is -0.483 e. The number of benzene rings is 1. The van der Waals surface area contributed by atoms with Crippen LogP contribution in [0.2, 0.25) is 0 Å². The van der Waals surface area contributed by atoms with Crippen LogP contribution < -0.4 is 10.1 Å². The molecule has 1 heterocycles. The lowest BCUT2D eigenvalue weighted by Gasteiger charge is -2.13. The minimum atomic E-state index is 0.526. The summed E-state index contributed by atoms with van der Waals surface area (Å²) < 4.78 is 5.92. The Bertz CT molecular complexity index is 543. The van der Waals surface area contributed by atoms with E-state index in [0.717, 1.165) is 35.8 Å². The molecule has 1 N–H and O–H groups in total. The molecule has 1 aromatic heterocycles. The Hall–Kier alpha value is -2.10. The Balaban J connectivity index is 2.00. The van der Waals surface area contributed by atoms with Gasteiger partial charge in [0.2, 0.25) is 0 Å². The first-order valence-corrected chi connectivity index (χ1v) is 7.53. The van der Waals surface area contributed by atoms with Gasteiger partial charge in [0.25, 0.3) is 0 Å². The van der Waals surface area contributed by atoms with Crippen molar-refractivity contribution in [1.82, 2.24) is 9.97 Å². The molecule has 2 rings (SSSR count). The van der Waals surface area contributed by atoms with E-state index in [9.17, 15) is 0 Å². The van der Waals surface area contributed by atoms with E-state index in [-0.39, 0.29) is 0 Å². The summed E-state index contributed by atoms with van der Waals surface area (Å²) in [5, 5.41) is 3.35. The summed E-state index contributed by atoms with van der Waals surface area (Å²) >= 11 is 0. The maximum Gasteiger partial charge on any atom is 0.183 e. The largest absolute Gasteiger partial charge is 0.483 e. The van der Waals surface area contributed by atoms with Crippen molar-refractivity contribution in [1.29, 1.82) is 0 Å². The maximum atomic E-state index is 5.92. The second-order valence-electron chi connectivity index (χ2n) is 5.04. The van der Waals surface area contributed by atoms with Gasteiger partial charge in [0, 0.05) is 6.54 Å². The van der Waals surface area contributed by atoms with E-state index in [0.29, 0.717) is 6.61 Å². The van der Waals surface area contributed by atoms with Crippen LogP contribution in [0, 0.1) is 6.92 Å². The lowest BCUT2D eigenvalue weighted by Crippen LogP contribution is -2.08. The molecule has 4 heteroatoms. The number of rotatable bonds is 8. The first-order valence-electron chi connectivity index (χ1n) is 7.53. The second kappa shape index (κ2) is 8.25. The van der Waals surface area contributed by atoms with Crippen LogP contribution in [-0.4, -0.2) is 16.5 Å². The SMILES string of the molecule is CCCCCNc1ncnc(C)c1OCc1ccccc1. The molecule has 0 aliphatic heterocycles. The molecule has 0 fully saturated rings. The standard InChI is InChI=1S/C17H23N3O/c1-3-4-8-11-18-17-16(14(2)19-13-20-17)21-12-15-9-6-5-7-10-15/h5-7,9-10,13H,3-4,8,11-12H2,1-2H3,(H,18,19,20). The highest BCUT2D eigenvalue weighted by Crippen LogP contribution is 2.25.